The summed E-state index contributed by atoms with van der Waals surface area (Å²) in [5.41, 5.74) is 2.90. The van der Waals surface area contributed by atoms with Crippen LogP contribution < -0.4 is 4.90 Å². The molecule has 1 N–H and O–H groups in total. The molecule has 18 heavy (non-hydrogen) atoms. The average molecular weight is 261 g/mol. The van der Waals surface area contributed by atoms with E-state index >= 15 is 0 Å². The molecule has 0 radical (unpaired) electrons. The van der Waals surface area contributed by atoms with Gasteiger partial charge in [0.05, 0.1) is 5.52 Å². The number of anilines is 1. The molecule has 4 nitrogen and oxygen atoms in total. The number of fused-ring (bicyclic) bond motifs is 1. The van der Waals surface area contributed by atoms with Crippen LogP contribution in [-0.4, -0.2) is 28.4 Å². The molecule has 1 aliphatic rings. The summed E-state index contributed by atoms with van der Waals surface area (Å²) in [5.74, 6) is 1.30. The minimum atomic E-state index is 0.181. The molecule has 2 heterocycles. The van der Waals surface area contributed by atoms with Gasteiger partial charge in [0.1, 0.15) is 0 Å². The molecule has 1 amide bonds. The summed E-state index contributed by atoms with van der Waals surface area (Å²) in [6.07, 6.45) is 0.598. The van der Waals surface area contributed by atoms with E-state index in [1.807, 2.05) is 30.0 Å². The standard InChI is InChI=1S/C13H15N3OS/c1-8-11-3-2-10(5-12(11)15-14-8)16-6-9(7-18)4-13(16)17/h2-3,5,9,18H,4,6-7H2,1H3,(H,14,15). The Kier molecular flexibility index (Phi) is 2.78. The van der Waals surface area contributed by atoms with E-state index in [1.165, 1.54) is 0 Å². The van der Waals surface area contributed by atoms with Crippen LogP contribution in [0, 0.1) is 12.8 Å². The van der Waals surface area contributed by atoms with Crippen molar-refractivity contribution in [2.75, 3.05) is 17.2 Å². The van der Waals surface area contributed by atoms with Crippen molar-refractivity contribution in [3.8, 4) is 0 Å². The third-order valence-electron chi connectivity index (χ3n) is 3.50. The Morgan fingerprint density at radius 1 is 1.56 bits per heavy atom. The highest BCUT2D eigenvalue weighted by atomic mass is 32.1. The summed E-state index contributed by atoms with van der Waals surface area (Å²) in [7, 11) is 0. The van der Waals surface area contributed by atoms with E-state index in [4.69, 9.17) is 0 Å². The van der Waals surface area contributed by atoms with Gasteiger partial charge in [-0.25, -0.2) is 0 Å². The Morgan fingerprint density at radius 2 is 2.39 bits per heavy atom. The first kappa shape index (κ1) is 11.6. The second-order valence-corrected chi connectivity index (χ2v) is 5.17. The lowest BCUT2D eigenvalue weighted by Gasteiger charge is -2.16. The average Bonchev–Trinajstić information content (AvgIpc) is 2.93. The molecule has 1 aromatic carbocycles. The monoisotopic (exact) mass is 261 g/mol. The van der Waals surface area contributed by atoms with Crippen molar-refractivity contribution < 1.29 is 4.79 Å². The number of benzene rings is 1. The first-order valence-electron chi connectivity index (χ1n) is 6.05. The second-order valence-electron chi connectivity index (χ2n) is 4.81. The zero-order valence-electron chi connectivity index (χ0n) is 10.2. The van der Waals surface area contributed by atoms with Crippen LogP contribution in [-0.2, 0) is 4.79 Å². The lowest BCUT2D eigenvalue weighted by atomic mass is 10.1. The Labute approximate surface area is 111 Å². The summed E-state index contributed by atoms with van der Waals surface area (Å²) in [4.78, 5) is 13.8. The molecule has 0 aliphatic carbocycles. The number of aryl methyl sites for hydroxylation is 1. The summed E-state index contributed by atoms with van der Waals surface area (Å²) in [5, 5.41) is 8.30. The number of thiol groups is 1. The molecule has 1 aliphatic heterocycles. The van der Waals surface area contributed by atoms with Crippen molar-refractivity contribution in [2.45, 2.75) is 13.3 Å². The molecular formula is C13H15N3OS. The third-order valence-corrected chi connectivity index (χ3v) is 4.02. The molecule has 1 atom stereocenters. The number of H-pyrrole nitrogens is 1. The van der Waals surface area contributed by atoms with Crippen LogP contribution in [0.4, 0.5) is 5.69 Å². The molecule has 0 saturated carbocycles. The van der Waals surface area contributed by atoms with Gasteiger partial charge in [0.25, 0.3) is 0 Å². The van der Waals surface area contributed by atoms with Crippen LogP contribution in [0.25, 0.3) is 10.9 Å². The van der Waals surface area contributed by atoms with Crippen LogP contribution in [0.5, 0.6) is 0 Å². The molecule has 2 aromatic rings. The minimum Gasteiger partial charge on any atom is -0.312 e. The van der Waals surface area contributed by atoms with E-state index in [0.29, 0.717) is 12.3 Å². The number of aromatic amines is 1. The predicted octanol–water partition coefficient (Wildman–Crippen LogP) is 2.15. The zero-order valence-corrected chi connectivity index (χ0v) is 11.1. The summed E-state index contributed by atoms with van der Waals surface area (Å²) < 4.78 is 0. The second kappa shape index (κ2) is 4.31. The Morgan fingerprint density at radius 3 is 3.11 bits per heavy atom. The van der Waals surface area contributed by atoms with Crippen molar-refractivity contribution in [3.63, 3.8) is 0 Å². The van der Waals surface area contributed by atoms with Gasteiger partial charge < -0.3 is 4.90 Å². The lowest BCUT2D eigenvalue weighted by molar-refractivity contribution is -0.117. The highest BCUT2D eigenvalue weighted by Gasteiger charge is 2.29. The Hall–Kier alpha value is -1.49. The number of carbonyl (C=O) groups excluding carboxylic acids is 1. The van der Waals surface area contributed by atoms with Gasteiger partial charge >= 0.3 is 0 Å². The fourth-order valence-electron chi connectivity index (χ4n) is 2.46. The van der Waals surface area contributed by atoms with Crippen molar-refractivity contribution in [3.05, 3.63) is 23.9 Å². The Bertz CT molecular complexity index is 607. The number of carbonyl (C=O) groups is 1. The van der Waals surface area contributed by atoms with Crippen molar-refractivity contribution in [2.24, 2.45) is 5.92 Å². The van der Waals surface area contributed by atoms with Gasteiger partial charge in [-0.05, 0) is 36.8 Å². The fourth-order valence-corrected chi connectivity index (χ4v) is 2.70. The number of amides is 1. The van der Waals surface area contributed by atoms with Crippen LogP contribution in [0.3, 0.4) is 0 Å². The fraction of sp³-hybridized carbons (Fsp3) is 0.385. The minimum absolute atomic E-state index is 0.181. The topological polar surface area (TPSA) is 49.0 Å². The molecule has 94 valence electrons. The molecule has 1 saturated heterocycles. The number of nitrogens with zero attached hydrogens (tertiary/aromatic N) is 2. The van der Waals surface area contributed by atoms with E-state index in [2.05, 4.69) is 22.8 Å². The van der Waals surface area contributed by atoms with Gasteiger partial charge in [0.15, 0.2) is 0 Å². The van der Waals surface area contributed by atoms with Gasteiger partial charge in [-0.15, -0.1) is 0 Å². The quantitative estimate of drug-likeness (QED) is 0.814. The van der Waals surface area contributed by atoms with E-state index in [0.717, 1.165) is 34.6 Å². The molecule has 0 bridgehead atoms. The van der Waals surface area contributed by atoms with Gasteiger partial charge in [-0.1, -0.05) is 0 Å². The van der Waals surface area contributed by atoms with E-state index in [9.17, 15) is 4.79 Å². The molecule has 0 spiro atoms. The molecular weight excluding hydrogens is 246 g/mol. The largest absolute Gasteiger partial charge is 0.312 e. The normalized spacial score (nSPS) is 20.0. The van der Waals surface area contributed by atoms with Gasteiger partial charge in [0.2, 0.25) is 5.91 Å². The SMILES string of the molecule is Cc1[nH]nc2cc(N3CC(CS)CC3=O)ccc12. The maximum Gasteiger partial charge on any atom is 0.227 e. The molecule has 1 aromatic heterocycles. The van der Waals surface area contributed by atoms with Crippen molar-refractivity contribution >= 4 is 35.1 Å². The smallest absolute Gasteiger partial charge is 0.227 e. The summed E-state index contributed by atoms with van der Waals surface area (Å²) >= 11 is 4.28. The van der Waals surface area contributed by atoms with Crippen molar-refractivity contribution in [1.29, 1.82) is 0 Å². The molecule has 3 rings (SSSR count). The van der Waals surface area contributed by atoms with Gasteiger partial charge in [-0.2, -0.15) is 17.7 Å². The zero-order chi connectivity index (χ0) is 12.7. The number of nitrogens with one attached hydrogen (secondary N) is 1. The van der Waals surface area contributed by atoms with Crippen LogP contribution >= 0.6 is 12.6 Å². The summed E-state index contributed by atoms with van der Waals surface area (Å²) in [6, 6.07) is 5.98. The molecule has 1 unspecified atom stereocenters. The van der Waals surface area contributed by atoms with Crippen molar-refractivity contribution in [1.82, 2.24) is 10.2 Å². The highest BCUT2D eigenvalue weighted by molar-refractivity contribution is 7.80. The number of hydrogen-bond acceptors (Lipinski definition) is 3. The van der Waals surface area contributed by atoms with Gasteiger partial charge in [-0.3, -0.25) is 9.89 Å². The van der Waals surface area contributed by atoms with E-state index < -0.39 is 0 Å². The lowest BCUT2D eigenvalue weighted by Crippen LogP contribution is -2.24. The van der Waals surface area contributed by atoms with Crippen LogP contribution in [0.2, 0.25) is 0 Å². The van der Waals surface area contributed by atoms with Crippen LogP contribution in [0.1, 0.15) is 12.1 Å². The van der Waals surface area contributed by atoms with Crippen LogP contribution in [0.15, 0.2) is 18.2 Å². The first-order chi connectivity index (χ1) is 8.69. The third kappa shape index (κ3) is 1.79. The van der Waals surface area contributed by atoms with Gasteiger partial charge in [0, 0.05) is 29.7 Å². The number of rotatable bonds is 2. The number of aromatic nitrogens is 2. The maximum absolute atomic E-state index is 11.9. The molecule has 5 heteroatoms. The van der Waals surface area contributed by atoms with E-state index in [-0.39, 0.29) is 5.91 Å². The number of hydrogen-bond donors (Lipinski definition) is 2. The summed E-state index contributed by atoms with van der Waals surface area (Å²) in [6.45, 7) is 2.75. The molecule has 1 fully saturated rings. The first-order valence-corrected chi connectivity index (χ1v) is 6.68. The highest BCUT2D eigenvalue weighted by Crippen LogP contribution is 2.28. The maximum atomic E-state index is 11.9. The Balaban J connectivity index is 1.97. The predicted molar refractivity (Wildman–Crippen MR) is 75.1 cm³/mol. The van der Waals surface area contributed by atoms with E-state index in [1.54, 1.807) is 0 Å².